The van der Waals surface area contributed by atoms with E-state index in [-0.39, 0.29) is 0 Å². The van der Waals surface area contributed by atoms with E-state index in [1.165, 1.54) is 12.8 Å². The van der Waals surface area contributed by atoms with Crippen LogP contribution in [0.4, 0.5) is 0 Å². The Hall–Kier alpha value is -0.280. The van der Waals surface area contributed by atoms with Gasteiger partial charge in [-0.15, -0.1) is 0 Å². The van der Waals surface area contributed by atoms with Crippen molar-refractivity contribution in [1.29, 1.82) is 0 Å². The van der Waals surface area contributed by atoms with Crippen LogP contribution < -0.4 is 5.32 Å². The Morgan fingerprint density at radius 2 is 2.12 bits per heavy atom. The molecule has 1 fully saturated rings. The molecule has 4 heteroatoms. The van der Waals surface area contributed by atoms with E-state index in [9.17, 15) is 5.11 Å². The van der Waals surface area contributed by atoms with Gasteiger partial charge in [-0.2, -0.15) is 0 Å². The smallest absolute Gasteiger partial charge is 0.0784 e. The van der Waals surface area contributed by atoms with Crippen LogP contribution in [-0.4, -0.2) is 23.3 Å². The molecule has 1 unspecified atom stereocenters. The normalized spacial score (nSPS) is 19.1. The van der Waals surface area contributed by atoms with Crippen LogP contribution in [-0.2, 0) is 6.42 Å². The number of benzene rings is 1. The summed E-state index contributed by atoms with van der Waals surface area (Å²) in [6.07, 6.45) is 2.97. The molecule has 2 N–H and O–H groups in total. The van der Waals surface area contributed by atoms with E-state index in [1.54, 1.807) is 12.1 Å². The van der Waals surface area contributed by atoms with Crippen molar-refractivity contribution in [3.63, 3.8) is 0 Å². The highest BCUT2D eigenvalue weighted by atomic mass is 35.5. The Morgan fingerprint density at radius 1 is 1.41 bits per heavy atom. The fraction of sp³-hybridized carbons (Fsp3) is 0.538. The Balaban J connectivity index is 1.97. The minimum atomic E-state index is -0.778. The van der Waals surface area contributed by atoms with Gasteiger partial charge in [0.1, 0.15) is 0 Å². The highest BCUT2D eigenvalue weighted by Gasteiger charge is 2.27. The molecule has 0 radical (unpaired) electrons. The monoisotopic (exact) mass is 273 g/mol. The lowest BCUT2D eigenvalue weighted by molar-refractivity contribution is 0.0598. The molecule has 0 amide bonds. The Kier molecular flexibility index (Phi) is 3.99. The largest absolute Gasteiger partial charge is 0.389 e. The molecule has 1 saturated carbocycles. The van der Waals surface area contributed by atoms with Gasteiger partial charge in [0.2, 0.25) is 0 Å². The molecular weight excluding hydrogens is 257 g/mol. The molecule has 0 heterocycles. The van der Waals surface area contributed by atoms with Crippen LogP contribution in [0.3, 0.4) is 0 Å². The second-order valence-corrected chi connectivity index (χ2v) is 5.91. The molecule has 0 spiro atoms. The molecule has 2 nitrogen and oxygen atoms in total. The lowest BCUT2D eigenvalue weighted by atomic mass is 9.96. The number of hydrogen-bond donors (Lipinski definition) is 2. The van der Waals surface area contributed by atoms with Gasteiger partial charge >= 0.3 is 0 Å². The van der Waals surface area contributed by atoms with Gasteiger partial charge in [0.15, 0.2) is 0 Å². The molecular formula is C13H17Cl2NO. The molecule has 0 aliphatic heterocycles. The predicted molar refractivity (Wildman–Crippen MR) is 71.8 cm³/mol. The maximum Gasteiger partial charge on any atom is 0.0784 e. The Labute approximate surface area is 112 Å². The third-order valence-electron chi connectivity index (χ3n) is 2.94. The van der Waals surface area contributed by atoms with Crippen molar-refractivity contribution in [2.45, 2.75) is 37.8 Å². The molecule has 1 aromatic rings. The second-order valence-electron chi connectivity index (χ2n) is 5.06. The van der Waals surface area contributed by atoms with E-state index < -0.39 is 5.60 Å². The zero-order valence-corrected chi connectivity index (χ0v) is 11.4. The van der Waals surface area contributed by atoms with Crippen molar-refractivity contribution in [3.8, 4) is 0 Å². The lowest BCUT2D eigenvalue weighted by Gasteiger charge is -2.24. The average molecular weight is 274 g/mol. The molecule has 1 aliphatic rings. The standard InChI is InChI=1S/C13H17Cl2NO/c1-13(17,8-16-11-4-5-11)7-9-2-3-10(14)6-12(9)15/h2-3,6,11,16-17H,4-5,7-8H2,1H3. The van der Waals surface area contributed by atoms with E-state index in [0.717, 1.165) is 5.56 Å². The fourth-order valence-corrected chi connectivity index (χ4v) is 2.26. The number of aliphatic hydroxyl groups is 1. The molecule has 1 aromatic carbocycles. The SMILES string of the molecule is CC(O)(CNC1CC1)Cc1ccc(Cl)cc1Cl. The van der Waals surface area contributed by atoms with E-state index in [4.69, 9.17) is 23.2 Å². The first-order valence-corrected chi connectivity index (χ1v) is 6.61. The minimum Gasteiger partial charge on any atom is -0.389 e. The molecule has 1 atom stereocenters. The quantitative estimate of drug-likeness (QED) is 0.865. The number of hydrogen-bond acceptors (Lipinski definition) is 2. The van der Waals surface area contributed by atoms with Gasteiger partial charge in [-0.1, -0.05) is 29.3 Å². The highest BCUT2D eigenvalue weighted by molar-refractivity contribution is 6.35. The summed E-state index contributed by atoms with van der Waals surface area (Å²) in [6, 6.07) is 5.98. The summed E-state index contributed by atoms with van der Waals surface area (Å²) in [6.45, 7) is 2.42. The van der Waals surface area contributed by atoms with Gasteiger partial charge in [-0.3, -0.25) is 0 Å². The van der Waals surface area contributed by atoms with Crippen molar-refractivity contribution < 1.29 is 5.11 Å². The summed E-state index contributed by atoms with van der Waals surface area (Å²) in [5, 5.41) is 14.8. The summed E-state index contributed by atoms with van der Waals surface area (Å²) in [4.78, 5) is 0. The van der Waals surface area contributed by atoms with Crippen LogP contribution >= 0.6 is 23.2 Å². The summed E-state index contributed by atoms with van der Waals surface area (Å²) < 4.78 is 0. The van der Waals surface area contributed by atoms with Crippen LogP contribution in [0.15, 0.2) is 18.2 Å². The first kappa shape index (κ1) is 13.2. The van der Waals surface area contributed by atoms with Crippen molar-refractivity contribution in [2.24, 2.45) is 0 Å². The number of nitrogens with one attached hydrogen (secondary N) is 1. The van der Waals surface area contributed by atoms with Crippen molar-refractivity contribution in [3.05, 3.63) is 33.8 Å². The summed E-state index contributed by atoms with van der Waals surface area (Å²) in [5.41, 5.74) is 0.152. The molecule has 0 saturated heterocycles. The minimum absolute atomic E-state index is 0.530. The van der Waals surface area contributed by atoms with E-state index in [0.29, 0.717) is 29.1 Å². The summed E-state index contributed by atoms with van der Waals surface area (Å²) in [5.74, 6) is 0. The van der Waals surface area contributed by atoms with E-state index in [2.05, 4.69) is 5.32 Å². The van der Waals surface area contributed by atoms with Crippen molar-refractivity contribution >= 4 is 23.2 Å². The third-order valence-corrected chi connectivity index (χ3v) is 3.52. The number of halogens is 2. The fourth-order valence-electron chi connectivity index (χ4n) is 1.79. The third kappa shape index (κ3) is 4.14. The van der Waals surface area contributed by atoms with E-state index in [1.807, 2.05) is 13.0 Å². The topological polar surface area (TPSA) is 32.3 Å². The summed E-state index contributed by atoms with van der Waals surface area (Å²) >= 11 is 11.9. The first-order chi connectivity index (χ1) is 7.96. The van der Waals surface area contributed by atoms with Crippen LogP contribution in [0.2, 0.25) is 10.0 Å². The van der Waals surface area contributed by atoms with Gasteiger partial charge in [-0.05, 0) is 37.5 Å². The molecule has 0 aromatic heterocycles. The lowest BCUT2D eigenvalue weighted by Crippen LogP contribution is -2.40. The van der Waals surface area contributed by atoms with Crippen molar-refractivity contribution in [2.75, 3.05) is 6.54 Å². The Morgan fingerprint density at radius 3 is 2.71 bits per heavy atom. The molecule has 94 valence electrons. The molecule has 0 bridgehead atoms. The zero-order valence-electron chi connectivity index (χ0n) is 9.84. The average Bonchev–Trinajstić information content (AvgIpc) is 3.03. The van der Waals surface area contributed by atoms with Crippen LogP contribution in [0.1, 0.15) is 25.3 Å². The Bertz CT molecular complexity index is 402. The van der Waals surface area contributed by atoms with Gasteiger partial charge in [0.25, 0.3) is 0 Å². The van der Waals surface area contributed by atoms with Crippen LogP contribution in [0, 0.1) is 0 Å². The maximum absolute atomic E-state index is 10.3. The highest BCUT2D eigenvalue weighted by Crippen LogP contribution is 2.25. The number of rotatable bonds is 5. The van der Waals surface area contributed by atoms with E-state index >= 15 is 0 Å². The zero-order chi connectivity index (χ0) is 12.5. The second kappa shape index (κ2) is 5.15. The summed E-state index contributed by atoms with van der Waals surface area (Å²) in [7, 11) is 0. The maximum atomic E-state index is 10.3. The van der Waals surface area contributed by atoms with Crippen LogP contribution in [0.25, 0.3) is 0 Å². The molecule has 2 rings (SSSR count). The first-order valence-electron chi connectivity index (χ1n) is 5.86. The van der Waals surface area contributed by atoms with Gasteiger partial charge < -0.3 is 10.4 Å². The van der Waals surface area contributed by atoms with Crippen LogP contribution in [0.5, 0.6) is 0 Å². The van der Waals surface area contributed by atoms with Gasteiger partial charge in [0, 0.05) is 29.1 Å². The van der Waals surface area contributed by atoms with Gasteiger partial charge in [-0.25, -0.2) is 0 Å². The molecule has 17 heavy (non-hydrogen) atoms. The van der Waals surface area contributed by atoms with Gasteiger partial charge in [0.05, 0.1) is 5.60 Å². The molecule has 1 aliphatic carbocycles. The van der Waals surface area contributed by atoms with Crippen molar-refractivity contribution in [1.82, 2.24) is 5.32 Å². The predicted octanol–water partition coefficient (Wildman–Crippen LogP) is 3.04.